The zero-order chi connectivity index (χ0) is 14.6. The van der Waals surface area contributed by atoms with Crippen LogP contribution < -0.4 is 0 Å². The highest BCUT2D eigenvalue weighted by Gasteiger charge is 2.38. The number of rotatable bonds is 6. The fourth-order valence-corrected chi connectivity index (χ4v) is 3.15. The van der Waals surface area contributed by atoms with E-state index in [-0.39, 0.29) is 23.8 Å². The van der Waals surface area contributed by atoms with Gasteiger partial charge >= 0.3 is 0 Å². The lowest BCUT2D eigenvalue weighted by Crippen LogP contribution is -2.46. The third kappa shape index (κ3) is 3.51. The average Bonchev–Trinajstić information content (AvgIpc) is 2.41. The minimum Gasteiger partial charge on any atom is -0.396 e. The van der Waals surface area contributed by atoms with E-state index in [1.807, 2.05) is 0 Å². The van der Waals surface area contributed by atoms with Crippen LogP contribution in [0, 0.1) is 5.41 Å². The SMILES string of the molecule is CN(CC1(CO)CCC1)C(=O)CCN1CCCCC1=O. The molecule has 0 spiro atoms. The highest BCUT2D eigenvalue weighted by atomic mass is 16.3. The first-order chi connectivity index (χ1) is 9.56. The Morgan fingerprint density at radius 1 is 1.35 bits per heavy atom. The molecule has 0 atom stereocenters. The molecule has 0 radical (unpaired) electrons. The minimum absolute atomic E-state index is 0.0641. The van der Waals surface area contributed by atoms with Crippen molar-refractivity contribution >= 4 is 11.8 Å². The molecule has 114 valence electrons. The first kappa shape index (κ1) is 15.3. The average molecular weight is 282 g/mol. The second-order valence-electron chi connectivity index (χ2n) is 6.35. The van der Waals surface area contributed by atoms with Gasteiger partial charge in [0.05, 0.1) is 6.61 Å². The van der Waals surface area contributed by atoms with Gasteiger partial charge in [0, 0.05) is 44.9 Å². The van der Waals surface area contributed by atoms with E-state index in [4.69, 9.17) is 0 Å². The molecule has 1 saturated carbocycles. The lowest BCUT2D eigenvalue weighted by molar-refractivity contribution is -0.136. The van der Waals surface area contributed by atoms with Gasteiger partial charge in [-0.25, -0.2) is 0 Å². The molecule has 0 aromatic heterocycles. The van der Waals surface area contributed by atoms with Crippen LogP contribution in [0.3, 0.4) is 0 Å². The fraction of sp³-hybridized carbons (Fsp3) is 0.867. The van der Waals surface area contributed by atoms with Gasteiger partial charge in [0.15, 0.2) is 0 Å². The number of hydrogen-bond donors (Lipinski definition) is 1. The van der Waals surface area contributed by atoms with Crippen molar-refractivity contribution in [3.05, 3.63) is 0 Å². The number of piperidine rings is 1. The van der Waals surface area contributed by atoms with E-state index in [0.29, 0.717) is 25.9 Å². The quantitative estimate of drug-likeness (QED) is 0.791. The van der Waals surface area contributed by atoms with E-state index >= 15 is 0 Å². The third-order valence-corrected chi connectivity index (χ3v) is 4.76. The highest BCUT2D eigenvalue weighted by Crippen LogP contribution is 2.40. The Morgan fingerprint density at radius 2 is 2.10 bits per heavy atom. The van der Waals surface area contributed by atoms with Crippen LogP contribution >= 0.6 is 0 Å². The molecule has 2 amide bonds. The molecule has 5 nitrogen and oxygen atoms in total. The molecular formula is C15H26N2O3. The Balaban J connectivity index is 1.74. The molecule has 1 heterocycles. The van der Waals surface area contributed by atoms with Crippen molar-refractivity contribution in [1.29, 1.82) is 0 Å². The summed E-state index contributed by atoms with van der Waals surface area (Å²) in [7, 11) is 1.80. The van der Waals surface area contributed by atoms with Gasteiger partial charge in [-0.3, -0.25) is 9.59 Å². The van der Waals surface area contributed by atoms with E-state index in [9.17, 15) is 14.7 Å². The summed E-state index contributed by atoms with van der Waals surface area (Å²) < 4.78 is 0. The van der Waals surface area contributed by atoms with E-state index in [2.05, 4.69) is 0 Å². The number of aliphatic hydroxyl groups is 1. The number of likely N-dealkylation sites (tertiary alicyclic amines) is 1. The summed E-state index contributed by atoms with van der Waals surface area (Å²) in [4.78, 5) is 27.3. The molecule has 1 N–H and O–H groups in total. The minimum atomic E-state index is -0.0641. The lowest BCUT2D eigenvalue weighted by Gasteiger charge is -2.43. The van der Waals surface area contributed by atoms with Crippen molar-refractivity contribution in [2.45, 2.75) is 44.9 Å². The zero-order valence-corrected chi connectivity index (χ0v) is 12.4. The monoisotopic (exact) mass is 282 g/mol. The molecule has 0 aromatic rings. The summed E-state index contributed by atoms with van der Waals surface area (Å²) in [6.45, 7) is 2.12. The number of aliphatic hydroxyl groups excluding tert-OH is 1. The highest BCUT2D eigenvalue weighted by molar-refractivity contribution is 5.79. The van der Waals surface area contributed by atoms with E-state index in [0.717, 1.165) is 38.6 Å². The summed E-state index contributed by atoms with van der Waals surface area (Å²) in [5.74, 6) is 0.251. The van der Waals surface area contributed by atoms with Crippen LogP contribution in [0.25, 0.3) is 0 Å². The summed E-state index contributed by atoms with van der Waals surface area (Å²) in [6, 6.07) is 0. The molecular weight excluding hydrogens is 256 g/mol. The molecule has 5 heteroatoms. The van der Waals surface area contributed by atoms with Gasteiger partial charge < -0.3 is 14.9 Å². The van der Waals surface area contributed by atoms with E-state index in [1.54, 1.807) is 16.8 Å². The summed E-state index contributed by atoms with van der Waals surface area (Å²) >= 11 is 0. The van der Waals surface area contributed by atoms with Gasteiger partial charge in [-0.2, -0.15) is 0 Å². The normalized spacial score (nSPS) is 21.5. The molecule has 1 aliphatic carbocycles. The topological polar surface area (TPSA) is 60.9 Å². The first-order valence-corrected chi connectivity index (χ1v) is 7.69. The lowest BCUT2D eigenvalue weighted by atomic mass is 9.69. The maximum absolute atomic E-state index is 12.1. The van der Waals surface area contributed by atoms with Crippen molar-refractivity contribution in [2.24, 2.45) is 5.41 Å². The molecule has 1 saturated heterocycles. The smallest absolute Gasteiger partial charge is 0.224 e. The van der Waals surface area contributed by atoms with Crippen LogP contribution in [0.5, 0.6) is 0 Å². The van der Waals surface area contributed by atoms with Crippen LogP contribution in [-0.2, 0) is 9.59 Å². The van der Waals surface area contributed by atoms with Crippen LogP contribution in [0.15, 0.2) is 0 Å². The Bertz CT molecular complexity index is 361. The fourth-order valence-electron chi connectivity index (χ4n) is 3.15. The second-order valence-corrected chi connectivity index (χ2v) is 6.35. The molecule has 0 bridgehead atoms. The molecule has 2 rings (SSSR count). The van der Waals surface area contributed by atoms with Gasteiger partial charge in [0.1, 0.15) is 0 Å². The Kier molecular flexibility index (Phi) is 5.02. The molecule has 2 aliphatic rings. The van der Waals surface area contributed by atoms with E-state index < -0.39 is 0 Å². The first-order valence-electron chi connectivity index (χ1n) is 7.69. The largest absolute Gasteiger partial charge is 0.396 e. The predicted molar refractivity (Wildman–Crippen MR) is 76.1 cm³/mol. The van der Waals surface area contributed by atoms with Crippen molar-refractivity contribution in [3.63, 3.8) is 0 Å². The summed E-state index contributed by atoms with van der Waals surface area (Å²) in [6.07, 6.45) is 6.19. The van der Waals surface area contributed by atoms with Gasteiger partial charge in [0.2, 0.25) is 11.8 Å². The Labute approximate surface area is 120 Å². The third-order valence-electron chi connectivity index (χ3n) is 4.76. The number of amides is 2. The van der Waals surface area contributed by atoms with Crippen molar-refractivity contribution in [2.75, 3.05) is 33.3 Å². The van der Waals surface area contributed by atoms with Crippen LogP contribution in [0.4, 0.5) is 0 Å². The van der Waals surface area contributed by atoms with Crippen LogP contribution in [0.2, 0.25) is 0 Å². The summed E-state index contributed by atoms with van der Waals surface area (Å²) in [5, 5.41) is 9.44. The van der Waals surface area contributed by atoms with Gasteiger partial charge in [-0.15, -0.1) is 0 Å². The zero-order valence-electron chi connectivity index (χ0n) is 12.4. The maximum atomic E-state index is 12.1. The molecule has 0 unspecified atom stereocenters. The molecule has 1 aliphatic heterocycles. The van der Waals surface area contributed by atoms with Crippen molar-refractivity contribution in [1.82, 2.24) is 9.80 Å². The Morgan fingerprint density at radius 3 is 2.65 bits per heavy atom. The standard InChI is InChI=1S/C15H26N2O3/c1-16(11-15(12-18)7-4-8-15)13(19)6-10-17-9-3-2-5-14(17)20/h18H,2-12H2,1H3. The number of carbonyl (C=O) groups excluding carboxylic acids is 2. The summed E-state index contributed by atoms with van der Waals surface area (Å²) in [5.41, 5.74) is -0.0641. The van der Waals surface area contributed by atoms with Crippen LogP contribution in [-0.4, -0.2) is 60.0 Å². The number of nitrogens with zero attached hydrogens (tertiary/aromatic N) is 2. The van der Waals surface area contributed by atoms with Crippen LogP contribution in [0.1, 0.15) is 44.9 Å². The van der Waals surface area contributed by atoms with Gasteiger partial charge in [0.25, 0.3) is 0 Å². The molecule has 20 heavy (non-hydrogen) atoms. The van der Waals surface area contributed by atoms with Gasteiger partial charge in [-0.05, 0) is 25.7 Å². The molecule has 0 aromatic carbocycles. The van der Waals surface area contributed by atoms with Gasteiger partial charge in [-0.1, -0.05) is 6.42 Å². The number of hydrogen-bond acceptors (Lipinski definition) is 3. The maximum Gasteiger partial charge on any atom is 0.224 e. The van der Waals surface area contributed by atoms with Crippen molar-refractivity contribution in [3.8, 4) is 0 Å². The molecule has 2 fully saturated rings. The predicted octanol–water partition coefficient (Wildman–Crippen LogP) is 1.01. The Hall–Kier alpha value is -1.10. The van der Waals surface area contributed by atoms with Crippen molar-refractivity contribution < 1.29 is 14.7 Å². The number of carbonyl (C=O) groups is 2. The van der Waals surface area contributed by atoms with E-state index in [1.165, 1.54) is 0 Å². The second kappa shape index (κ2) is 6.57.